The Kier molecular flexibility index (Phi) is 6.50. The topological polar surface area (TPSA) is 51.0 Å². The first-order valence-corrected chi connectivity index (χ1v) is 9.12. The Hall–Kier alpha value is -2.08. The third kappa shape index (κ3) is 5.21. The Morgan fingerprint density at radius 2 is 1.15 bits per heavy atom. The van der Waals surface area contributed by atoms with E-state index < -0.39 is 0 Å². The van der Waals surface area contributed by atoms with E-state index in [4.69, 9.17) is 15.2 Å². The molecule has 0 aromatic heterocycles. The number of methoxy groups -OCH3 is 2. The third-order valence-electron chi connectivity index (χ3n) is 4.85. The lowest BCUT2D eigenvalue weighted by molar-refractivity contribution is 0.247. The summed E-state index contributed by atoms with van der Waals surface area (Å²) in [6.07, 6.45) is 0. The molecule has 0 saturated carbocycles. The molecular weight excluding hydrogens is 326 g/mol. The summed E-state index contributed by atoms with van der Waals surface area (Å²) in [7, 11) is 3.39. The van der Waals surface area contributed by atoms with E-state index in [1.54, 1.807) is 14.2 Å². The van der Waals surface area contributed by atoms with Gasteiger partial charge in [0.2, 0.25) is 0 Å². The smallest absolute Gasteiger partial charge is 0.118 e. The van der Waals surface area contributed by atoms with Gasteiger partial charge in [0.15, 0.2) is 0 Å². The Morgan fingerprint density at radius 1 is 0.769 bits per heavy atom. The Bertz CT molecular complexity index is 613. The highest BCUT2D eigenvalue weighted by atomic mass is 16.5. The van der Waals surface area contributed by atoms with Crippen LogP contribution < -0.4 is 15.2 Å². The van der Waals surface area contributed by atoms with Gasteiger partial charge in [0.05, 0.1) is 14.2 Å². The molecule has 2 aromatic carbocycles. The molecule has 1 heterocycles. The van der Waals surface area contributed by atoms with Crippen molar-refractivity contribution in [1.82, 2.24) is 9.80 Å². The van der Waals surface area contributed by atoms with Crippen molar-refractivity contribution in [2.75, 3.05) is 40.4 Å². The minimum Gasteiger partial charge on any atom is -0.497 e. The molecule has 3 rings (SSSR count). The first kappa shape index (κ1) is 18.7. The van der Waals surface area contributed by atoms with Crippen LogP contribution in [0.5, 0.6) is 11.5 Å². The molecule has 1 fully saturated rings. The van der Waals surface area contributed by atoms with Gasteiger partial charge in [0.1, 0.15) is 11.5 Å². The monoisotopic (exact) mass is 355 g/mol. The zero-order valence-electron chi connectivity index (χ0n) is 15.7. The average Bonchev–Trinajstić information content (AvgIpc) is 2.83. The highest BCUT2D eigenvalue weighted by molar-refractivity contribution is 5.28. The number of nitrogens with two attached hydrogens (primary N) is 1. The zero-order chi connectivity index (χ0) is 18.4. The Labute approximate surface area is 156 Å². The van der Waals surface area contributed by atoms with Crippen molar-refractivity contribution in [2.24, 2.45) is 5.73 Å². The van der Waals surface area contributed by atoms with Crippen LogP contribution in [0.15, 0.2) is 48.5 Å². The van der Waals surface area contributed by atoms with Gasteiger partial charge >= 0.3 is 0 Å². The van der Waals surface area contributed by atoms with Gasteiger partial charge in [0.25, 0.3) is 0 Å². The van der Waals surface area contributed by atoms with Gasteiger partial charge in [-0.3, -0.25) is 9.80 Å². The van der Waals surface area contributed by atoms with E-state index in [-0.39, 0.29) is 6.04 Å². The average molecular weight is 355 g/mol. The van der Waals surface area contributed by atoms with Crippen molar-refractivity contribution in [1.29, 1.82) is 0 Å². The molecule has 0 amide bonds. The molecule has 2 N–H and O–H groups in total. The third-order valence-corrected chi connectivity index (χ3v) is 4.85. The lowest BCUT2D eigenvalue weighted by atomic mass is 10.2. The molecule has 0 bridgehead atoms. The maximum Gasteiger partial charge on any atom is 0.118 e. The molecule has 0 spiro atoms. The predicted molar refractivity (Wildman–Crippen MR) is 105 cm³/mol. The normalized spacial score (nSPS) is 17.0. The van der Waals surface area contributed by atoms with Crippen LogP contribution in [0.3, 0.4) is 0 Å². The van der Waals surface area contributed by atoms with Gasteiger partial charge in [-0.25, -0.2) is 0 Å². The molecule has 0 aliphatic carbocycles. The van der Waals surface area contributed by atoms with E-state index >= 15 is 0 Å². The summed E-state index contributed by atoms with van der Waals surface area (Å²) < 4.78 is 10.5. The van der Waals surface area contributed by atoms with E-state index in [1.165, 1.54) is 11.1 Å². The van der Waals surface area contributed by atoms with Crippen LogP contribution in [0.25, 0.3) is 0 Å². The maximum absolute atomic E-state index is 6.39. The number of benzene rings is 2. The van der Waals surface area contributed by atoms with Gasteiger partial charge in [0, 0.05) is 45.3 Å². The van der Waals surface area contributed by atoms with E-state index in [9.17, 15) is 0 Å². The standard InChI is InChI=1S/C21H29N3O2/c1-25-20-7-3-17(4-8-20)13-23-11-12-24(16-19(22)15-23)14-18-5-9-21(26-2)10-6-18/h3-10,19H,11-16,22H2,1-2H3. The molecule has 1 aliphatic rings. The van der Waals surface area contributed by atoms with Crippen LogP contribution >= 0.6 is 0 Å². The largest absolute Gasteiger partial charge is 0.497 e. The summed E-state index contributed by atoms with van der Waals surface area (Å²) in [4.78, 5) is 4.89. The van der Waals surface area contributed by atoms with Gasteiger partial charge in [-0.2, -0.15) is 0 Å². The second kappa shape index (κ2) is 9.03. The lowest BCUT2D eigenvalue weighted by Gasteiger charge is -2.22. The van der Waals surface area contributed by atoms with Gasteiger partial charge in [-0.1, -0.05) is 24.3 Å². The summed E-state index contributed by atoms with van der Waals surface area (Å²) in [5.74, 6) is 1.79. The van der Waals surface area contributed by atoms with Gasteiger partial charge in [-0.15, -0.1) is 0 Å². The van der Waals surface area contributed by atoms with E-state index in [1.807, 2.05) is 24.3 Å². The van der Waals surface area contributed by atoms with E-state index in [2.05, 4.69) is 34.1 Å². The number of hydrogen-bond donors (Lipinski definition) is 1. The maximum atomic E-state index is 6.39. The van der Waals surface area contributed by atoms with Crippen molar-refractivity contribution in [3.8, 4) is 11.5 Å². The van der Waals surface area contributed by atoms with Crippen LogP contribution in [0.1, 0.15) is 11.1 Å². The van der Waals surface area contributed by atoms with E-state index in [0.29, 0.717) is 0 Å². The number of ether oxygens (including phenoxy) is 2. The van der Waals surface area contributed by atoms with Crippen LogP contribution in [-0.4, -0.2) is 56.2 Å². The van der Waals surface area contributed by atoms with Crippen LogP contribution in [0.4, 0.5) is 0 Å². The summed E-state index contributed by atoms with van der Waals surface area (Å²) >= 11 is 0. The summed E-state index contributed by atoms with van der Waals surface area (Å²) in [6.45, 7) is 5.74. The van der Waals surface area contributed by atoms with Crippen LogP contribution in [0.2, 0.25) is 0 Å². The molecule has 0 unspecified atom stereocenters. The molecule has 0 atom stereocenters. The van der Waals surface area contributed by atoms with Crippen LogP contribution in [-0.2, 0) is 13.1 Å². The highest BCUT2D eigenvalue weighted by Gasteiger charge is 2.20. The van der Waals surface area contributed by atoms with Crippen molar-refractivity contribution < 1.29 is 9.47 Å². The zero-order valence-corrected chi connectivity index (χ0v) is 15.7. The summed E-state index contributed by atoms with van der Waals surface area (Å²) in [5, 5.41) is 0. The summed E-state index contributed by atoms with van der Waals surface area (Å²) in [6, 6.07) is 16.7. The molecule has 5 heteroatoms. The molecule has 0 radical (unpaired) electrons. The molecule has 1 saturated heterocycles. The molecule has 140 valence electrons. The molecule has 5 nitrogen and oxygen atoms in total. The minimum absolute atomic E-state index is 0.161. The lowest BCUT2D eigenvalue weighted by Crippen LogP contribution is -2.39. The first-order valence-electron chi connectivity index (χ1n) is 9.12. The molecule has 26 heavy (non-hydrogen) atoms. The fourth-order valence-electron chi connectivity index (χ4n) is 3.45. The number of hydrogen-bond acceptors (Lipinski definition) is 5. The van der Waals surface area contributed by atoms with E-state index in [0.717, 1.165) is 50.8 Å². The fraction of sp³-hybridized carbons (Fsp3) is 0.429. The highest BCUT2D eigenvalue weighted by Crippen LogP contribution is 2.16. The summed E-state index contributed by atoms with van der Waals surface area (Å²) in [5.41, 5.74) is 8.98. The van der Waals surface area contributed by atoms with Crippen LogP contribution in [0, 0.1) is 0 Å². The Balaban J connectivity index is 1.56. The Morgan fingerprint density at radius 3 is 1.50 bits per heavy atom. The second-order valence-corrected chi connectivity index (χ2v) is 6.93. The van der Waals surface area contributed by atoms with Crippen molar-refractivity contribution in [2.45, 2.75) is 19.1 Å². The first-order chi connectivity index (χ1) is 12.7. The number of rotatable bonds is 6. The van der Waals surface area contributed by atoms with Crippen molar-refractivity contribution in [3.05, 3.63) is 59.7 Å². The molecule has 1 aliphatic heterocycles. The van der Waals surface area contributed by atoms with Gasteiger partial charge in [-0.05, 0) is 35.4 Å². The second-order valence-electron chi connectivity index (χ2n) is 6.93. The molecule has 2 aromatic rings. The fourth-order valence-corrected chi connectivity index (χ4v) is 3.45. The number of nitrogens with zero attached hydrogens (tertiary/aromatic N) is 2. The minimum atomic E-state index is 0.161. The van der Waals surface area contributed by atoms with Crippen molar-refractivity contribution in [3.63, 3.8) is 0 Å². The SMILES string of the molecule is COc1ccc(CN2CCN(Cc3ccc(OC)cc3)CC(N)C2)cc1. The van der Waals surface area contributed by atoms with Gasteiger partial charge < -0.3 is 15.2 Å². The quantitative estimate of drug-likeness (QED) is 0.862. The predicted octanol–water partition coefficient (Wildman–Crippen LogP) is 2.35. The van der Waals surface area contributed by atoms with Crippen molar-refractivity contribution >= 4 is 0 Å². The molecular formula is C21H29N3O2.